The second kappa shape index (κ2) is 10.5. The van der Waals surface area contributed by atoms with Gasteiger partial charge in [0, 0.05) is 31.2 Å². The summed E-state index contributed by atoms with van der Waals surface area (Å²) in [4.78, 5) is 31.9. The van der Waals surface area contributed by atoms with Gasteiger partial charge < -0.3 is 19.1 Å². The Morgan fingerprint density at radius 2 is 1.89 bits per heavy atom. The molecule has 1 saturated carbocycles. The molecule has 1 aliphatic heterocycles. The highest BCUT2D eigenvalue weighted by Crippen LogP contribution is 2.40. The average Bonchev–Trinajstić information content (AvgIpc) is 3.30. The van der Waals surface area contributed by atoms with Gasteiger partial charge in [-0.25, -0.2) is 9.78 Å². The van der Waals surface area contributed by atoms with Crippen molar-refractivity contribution in [3.05, 3.63) is 59.4 Å². The lowest BCUT2D eigenvalue weighted by Crippen LogP contribution is -2.42. The van der Waals surface area contributed by atoms with E-state index in [1.165, 1.54) is 7.11 Å². The monoisotopic (exact) mass is 505 g/mol. The van der Waals surface area contributed by atoms with Crippen LogP contribution in [0.5, 0.6) is 0 Å². The molecule has 0 spiro atoms. The Bertz CT molecular complexity index is 1290. The van der Waals surface area contributed by atoms with E-state index >= 15 is 0 Å². The van der Waals surface area contributed by atoms with Gasteiger partial charge >= 0.3 is 12.1 Å². The first-order valence-electron chi connectivity index (χ1n) is 13.1. The molecule has 1 amide bonds. The summed E-state index contributed by atoms with van der Waals surface area (Å²) < 4.78 is 13.1. The molecule has 8 heteroatoms. The second-order valence-corrected chi connectivity index (χ2v) is 10.2. The van der Waals surface area contributed by atoms with E-state index < -0.39 is 11.9 Å². The van der Waals surface area contributed by atoms with Crippen molar-refractivity contribution >= 4 is 28.8 Å². The van der Waals surface area contributed by atoms with Gasteiger partial charge in [0.2, 0.25) is 0 Å². The first kappa shape index (κ1) is 25.3. The van der Waals surface area contributed by atoms with Crippen LogP contribution in [0, 0.1) is 0 Å². The van der Waals surface area contributed by atoms with Crippen molar-refractivity contribution in [2.45, 2.75) is 76.0 Å². The number of carbonyl (C=O) groups excluding carboxylic acids is 1. The molecule has 1 fully saturated rings. The molecule has 1 aliphatic carbocycles. The summed E-state index contributed by atoms with van der Waals surface area (Å²) in [6.07, 6.45) is 5.60. The molecule has 37 heavy (non-hydrogen) atoms. The Balaban J connectivity index is 1.66. The SMILES string of the molecule is COC(=O)N1c2ccc3c(nc(CC(C(=O)O)c4ccccc4)n3C3CCCC(OC)C3)c2CC[C@@H]1C. The zero-order valence-electron chi connectivity index (χ0n) is 21.7. The third-order valence-electron chi connectivity index (χ3n) is 8.08. The summed E-state index contributed by atoms with van der Waals surface area (Å²) in [7, 11) is 3.16. The molecule has 8 nitrogen and oxygen atoms in total. The number of hydrogen-bond donors (Lipinski definition) is 1. The summed E-state index contributed by atoms with van der Waals surface area (Å²) in [5, 5.41) is 10.2. The number of aliphatic carboxylic acids is 1. The van der Waals surface area contributed by atoms with Crippen LogP contribution in [-0.2, 0) is 27.1 Å². The van der Waals surface area contributed by atoms with Crippen molar-refractivity contribution in [1.29, 1.82) is 0 Å². The summed E-state index contributed by atoms with van der Waals surface area (Å²) in [6.45, 7) is 2.03. The number of carboxylic acid groups (broad SMARTS) is 1. The van der Waals surface area contributed by atoms with E-state index in [-0.39, 0.29) is 30.7 Å². The summed E-state index contributed by atoms with van der Waals surface area (Å²) in [5.41, 5.74) is 4.45. The van der Waals surface area contributed by atoms with Crippen LogP contribution in [0.15, 0.2) is 42.5 Å². The van der Waals surface area contributed by atoms with Gasteiger partial charge in [0.05, 0.1) is 35.9 Å². The first-order chi connectivity index (χ1) is 17.9. The summed E-state index contributed by atoms with van der Waals surface area (Å²) in [6, 6.07) is 13.6. The summed E-state index contributed by atoms with van der Waals surface area (Å²) >= 11 is 0. The average molecular weight is 506 g/mol. The number of fused-ring (bicyclic) bond motifs is 3. The Hall–Kier alpha value is -3.39. The lowest BCUT2D eigenvalue weighted by atomic mass is 9.91. The molecule has 2 heterocycles. The van der Waals surface area contributed by atoms with Gasteiger partial charge in [-0.1, -0.05) is 30.3 Å². The summed E-state index contributed by atoms with van der Waals surface area (Å²) in [5.74, 6) is -0.804. The number of amides is 1. The van der Waals surface area contributed by atoms with Crippen LogP contribution in [0.1, 0.15) is 67.9 Å². The van der Waals surface area contributed by atoms with E-state index in [4.69, 9.17) is 14.5 Å². The number of carboxylic acids is 1. The molecular weight excluding hydrogens is 470 g/mol. The van der Waals surface area contributed by atoms with E-state index in [1.807, 2.05) is 49.4 Å². The number of nitrogens with zero attached hydrogens (tertiary/aromatic N) is 3. The number of rotatable bonds is 6. The number of hydrogen-bond acceptors (Lipinski definition) is 5. The highest BCUT2D eigenvalue weighted by atomic mass is 16.5. The standard InChI is InChI=1S/C29H35N3O5/c1-18-12-13-22-24(31(18)29(35)37-3)14-15-25-27(22)30-26(32(25)20-10-7-11-21(16-20)36-2)17-23(28(33)34)19-8-5-4-6-9-19/h4-6,8-9,14-15,18,20-21,23H,7,10-13,16-17H2,1-3H3,(H,33,34)/t18-,20?,21?,23?/m0/s1. The third-order valence-corrected chi connectivity index (χ3v) is 8.08. The van der Waals surface area contributed by atoms with E-state index in [0.717, 1.165) is 72.2 Å². The number of ether oxygens (including phenoxy) is 2. The Morgan fingerprint density at radius 3 is 2.59 bits per heavy atom. The lowest BCUT2D eigenvalue weighted by molar-refractivity contribution is -0.138. The van der Waals surface area contributed by atoms with Gasteiger partial charge in [-0.05, 0) is 63.1 Å². The van der Waals surface area contributed by atoms with Crippen molar-refractivity contribution < 1.29 is 24.2 Å². The molecular formula is C29H35N3O5. The maximum Gasteiger partial charge on any atom is 0.414 e. The number of anilines is 1. The molecule has 4 atom stereocenters. The highest BCUT2D eigenvalue weighted by molar-refractivity contribution is 5.95. The maximum atomic E-state index is 12.6. The molecule has 1 N–H and O–H groups in total. The highest BCUT2D eigenvalue weighted by Gasteiger charge is 2.34. The fourth-order valence-electron chi connectivity index (χ4n) is 6.16. The minimum atomic E-state index is -0.865. The molecule has 1 aromatic heterocycles. The second-order valence-electron chi connectivity index (χ2n) is 10.2. The molecule has 5 rings (SSSR count). The van der Waals surface area contributed by atoms with Gasteiger partial charge in [0.25, 0.3) is 0 Å². The molecule has 0 saturated heterocycles. The van der Waals surface area contributed by atoms with Crippen LogP contribution in [0.3, 0.4) is 0 Å². The molecule has 196 valence electrons. The van der Waals surface area contributed by atoms with Crippen LogP contribution < -0.4 is 4.90 Å². The van der Waals surface area contributed by atoms with Gasteiger partial charge in [-0.3, -0.25) is 9.69 Å². The molecule has 2 aromatic carbocycles. The number of imidazole rings is 1. The zero-order valence-corrected chi connectivity index (χ0v) is 21.7. The van der Waals surface area contributed by atoms with Crippen molar-refractivity contribution in [3.8, 4) is 0 Å². The van der Waals surface area contributed by atoms with Crippen molar-refractivity contribution in [1.82, 2.24) is 9.55 Å². The normalized spacial score (nSPS) is 22.5. The van der Waals surface area contributed by atoms with Crippen molar-refractivity contribution in [2.75, 3.05) is 19.1 Å². The van der Waals surface area contributed by atoms with Crippen LogP contribution >= 0.6 is 0 Å². The van der Waals surface area contributed by atoms with Crippen LogP contribution in [0.25, 0.3) is 11.0 Å². The van der Waals surface area contributed by atoms with E-state index in [9.17, 15) is 14.7 Å². The van der Waals surface area contributed by atoms with Crippen molar-refractivity contribution in [3.63, 3.8) is 0 Å². The molecule has 3 unspecified atom stereocenters. The fourth-order valence-corrected chi connectivity index (χ4v) is 6.16. The zero-order chi connectivity index (χ0) is 26.1. The molecule has 0 bridgehead atoms. The van der Waals surface area contributed by atoms with Gasteiger partial charge in [0.1, 0.15) is 5.82 Å². The number of aromatic nitrogens is 2. The van der Waals surface area contributed by atoms with Crippen LogP contribution in [0.2, 0.25) is 0 Å². The minimum Gasteiger partial charge on any atom is -0.481 e. The predicted octanol–water partition coefficient (Wildman–Crippen LogP) is 5.48. The first-order valence-corrected chi connectivity index (χ1v) is 13.1. The topological polar surface area (TPSA) is 93.9 Å². The number of methoxy groups -OCH3 is 2. The van der Waals surface area contributed by atoms with E-state index in [0.29, 0.717) is 0 Å². The largest absolute Gasteiger partial charge is 0.481 e. The molecule has 3 aromatic rings. The quantitative estimate of drug-likeness (QED) is 0.476. The fraction of sp³-hybridized carbons (Fsp3) is 0.483. The lowest BCUT2D eigenvalue weighted by Gasteiger charge is -2.34. The maximum absolute atomic E-state index is 12.6. The van der Waals surface area contributed by atoms with Gasteiger partial charge in [-0.2, -0.15) is 0 Å². The minimum absolute atomic E-state index is 0.0224. The molecule has 2 aliphatic rings. The van der Waals surface area contributed by atoms with Gasteiger partial charge in [0.15, 0.2) is 0 Å². The van der Waals surface area contributed by atoms with Crippen LogP contribution in [-0.4, -0.2) is 53.1 Å². The smallest absolute Gasteiger partial charge is 0.414 e. The van der Waals surface area contributed by atoms with Gasteiger partial charge in [-0.15, -0.1) is 0 Å². The van der Waals surface area contributed by atoms with E-state index in [1.54, 1.807) is 12.0 Å². The van der Waals surface area contributed by atoms with Crippen LogP contribution in [0.4, 0.5) is 10.5 Å². The Kier molecular flexibility index (Phi) is 7.20. The number of benzene rings is 2. The van der Waals surface area contributed by atoms with E-state index in [2.05, 4.69) is 4.57 Å². The Labute approximate surface area is 217 Å². The number of carbonyl (C=O) groups is 2. The number of aryl methyl sites for hydroxylation is 1. The predicted molar refractivity (Wildman–Crippen MR) is 141 cm³/mol. The molecule has 0 radical (unpaired) electrons. The van der Waals surface area contributed by atoms with Crippen molar-refractivity contribution in [2.24, 2.45) is 0 Å². The Morgan fingerprint density at radius 1 is 1.11 bits per heavy atom. The third kappa shape index (κ3) is 4.70.